The zero-order valence-corrected chi connectivity index (χ0v) is 16.2. The lowest BCUT2D eigenvalue weighted by Crippen LogP contribution is -2.24. The standard InChI is InChI=1S/C18H21ClN2O4S/c1-3-4-11-20-26(23,24)15-8-5-13(6-9-15)18(22)21-14-7-10-17(25-2)16(19)12-14/h5-10,12,20H,3-4,11H2,1-2H3,(H,21,22). The predicted molar refractivity (Wildman–Crippen MR) is 102 cm³/mol. The van der Waals surface area contributed by atoms with Crippen LogP contribution in [0.2, 0.25) is 5.02 Å². The number of sulfonamides is 1. The van der Waals surface area contributed by atoms with Crippen LogP contribution in [0.4, 0.5) is 5.69 Å². The Morgan fingerprint density at radius 3 is 2.42 bits per heavy atom. The van der Waals surface area contributed by atoms with E-state index in [2.05, 4.69) is 10.0 Å². The lowest BCUT2D eigenvalue weighted by atomic mass is 10.2. The van der Waals surface area contributed by atoms with E-state index in [-0.39, 0.29) is 10.8 Å². The Kier molecular flexibility index (Phi) is 7.02. The van der Waals surface area contributed by atoms with E-state index in [0.717, 1.165) is 12.8 Å². The average Bonchev–Trinajstić information content (AvgIpc) is 2.62. The molecule has 1 amide bonds. The third-order valence-corrected chi connectivity index (χ3v) is 5.43. The van der Waals surface area contributed by atoms with Gasteiger partial charge in [0.1, 0.15) is 5.75 Å². The summed E-state index contributed by atoms with van der Waals surface area (Å²) in [5, 5.41) is 3.09. The molecule has 0 saturated heterocycles. The number of ether oxygens (including phenoxy) is 1. The van der Waals surface area contributed by atoms with Gasteiger partial charge in [0, 0.05) is 17.8 Å². The zero-order valence-electron chi connectivity index (χ0n) is 14.6. The molecule has 0 heterocycles. The fourth-order valence-corrected chi connectivity index (χ4v) is 3.53. The molecule has 0 spiro atoms. The monoisotopic (exact) mass is 396 g/mol. The summed E-state index contributed by atoms with van der Waals surface area (Å²) in [4.78, 5) is 12.4. The van der Waals surface area contributed by atoms with E-state index in [4.69, 9.17) is 16.3 Å². The molecule has 2 rings (SSSR count). The number of benzene rings is 2. The molecule has 0 aromatic heterocycles. The number of carbonyl (C=O) groups is 1. The molecule has 0 unspecified atom stereocenters. The number of unbranched alkanes of at least 4 members (excludes halogenated alkanes) is 1. The van der Waals surface area contributed by atoms with Crippen LogP contribution in [-0.4, -0.2) is 28.0 Å². The Bertz CT molecular complexity index is 867. The number of anilines is 1. The van der Waals surface area contributed by atoms with Crippen LogP contribution >= 0.6 is 11.6 Å². The van der Waals surface area contributed by atoms with E-state index in [0.29, 0.717) is 28.6 Å². The van der Waals surface area contributed by atoms with Gasteiger partial charge >= 0.3 is 0 Å². The summed E-state index contributed by atoms with van der Waals surface area (Å²) in [5.41, 5.74) is 0.850. The highest BCUT2D eigenvalue weighted by Gasteiger charge is 2.14. The smallest absolute Gasteiger partial charge is 0.255 e. The predicted octanol–water partition coefficient (Wildman–Crippen LogP) is 3.68. The van der Waals surface area contributed by atoms with Crippen LogP contribution in [0.1, 0.15) is 30.1 Å². The van der Waals surface area contributed by atoms with Gasteiger partial charge in [-0.15, -0.1) is 0 Å². The van der Waals surface area contributed by atoms with E-state index >= 15 is 0 Å². The Balaban J connectivity index is 2.07. The van der Waals surface area contributed by atoms with Gasteiger partial charge in [0.2, 0.25) is 10.0 Å². The topological polar surface area (TPSA) is 84.5 Å². The van der Waals surface area contributed by atoms with Gasteiger partial charge in [-0.2, -0.15) is 0 Å². The third kappa shape index (κ3) is 5.20. The molecule has 0 bridgehead atoms. The SMILES string of the molecule is CCCCNS(=O)(=O)c1ccc(C(=O)Nc2ccc(OC)c(Cl)c2)cc1. The first-order chi connectivity index (χ1) is 12.4. The van der Waals surface area contributed by atoms with Crippen molar-refractivity contribution in [3.63, 3.8) is 0 Å². The second-order valence-electron chi connectivity index (χ2n) is 5.58. The number of amides is 1. The van der Waals surface area contributed by atoms with Crippen molar-refractivity contribution in [1.29, 1.82) is 0 Å². The number of rotatable bonds is 8. The summed E-state index contributed by atoms with van der Waals surface area (Å²) < 4.78 is 31.9. The molecular formula is C18H21ClN2O4S. The fraction of sp³-hybridized carbons (Fsp3) is 0.278. The minimum absolute atomic E-state index is 0.123. The highest BCUT2D eigenvalue weighted by molar-refractivity contribution is 7.89. The van der Waals surface area contributed by atoms with E-state index in [1.165, 1.54) is 31.4 Å². The molecule has 0 saturated carbocycles. The number of carbonyl (C=O) groups excluding carboxylic acids is 1. The van der Waals surface area contributed by atoms with E-state index in [1.54, 1.807) is 18.2 Å². The summed E-state index contributed by atoms with van der Waals surface area (Å²) in [6.45, 7) is 2.37. The Labute approximate surface area is 158 Å². The van der Waals surface area contributed by atoms with Crippen molar-refractivity contribution < 1.29 is 17.9 Å². The minimum Gasteiger partial charge on any atom is -0.495 e. The lowest BCUT2D eigenvalue weighted by molar-refractivity contribution is 0.102. The number of hydrogen-bond donors (Lipinski definition) is 2. The molecule has 2 aromatic carbocycles. The molecule has 0 radical (unpaired) electrons. The average molecular weight is 397 g/mol. The van der Waals surface area contributed by atoms with Crippen molar-refractivity contribution in [2.24, 2.45) is 0 Å². The van der Waals surface area contributed by atoms with Gasteiger partial charge in [0.25, 0.3) is 5.91 Å². The number of hydrogen-bond acceptors (Lipinski definition) is 4. The van der Waals surface area contributed by atoms with Crippen LogP contribution in [-0.2, 0) is 10.0 Å². The first-order valence-corrected chi connectivity index (χ1v) is 9.98. The second-order valence-corrected chi connectivity index (χ2v) is 7.75. The van der Waals surface area contributed by atoms with Gasteiger partial charge in [0.15, 0.2) is 0 Å². The van der Waals surface area contributed by atoms with E-state index in [9.17, 15) is 13.2 Å². The van der Waals surface area contributed by atoms with Crippen LogP contribution in [0.3, 0.4) is 0 Å². The summed E-state index contributed by atoms with van der Waals surface area (Å²) in [7, 11) is -2.05. The molecule has 0 aliphatic rings. The Morgan fingerprint density at radius 1 is 1.15 bits per heavy atom. The molecule has 0 aliphatic carbocycles. The second kappa shape index (κ2) is 9.02. The highest BCUT2D eigenvalue weighted by Crippen LogP contribution is 2.27. The lowest BCUT2D eigenvalue weighted by Gasteiger charge is -2.09. The molecule has 0 fully saturated rings. The molecule has 6 nitrogen and oxygen atoms in total. The maximum absolute atomic E-state index is 12.3. The molecule has 2 aromatic rings. The zero-order chi connectivity index (χ0) is 19.2. The largest absolute Gasteiger partial charge is 0.495 e. The van der Waals surface area contributed by atoms with Crippen molar-refractivity contribution in [1.82, 2.24) is 4.72 Å². The number of nitrogens with one attached hydrogen (secondary N) is 2. The van der Waals surface area contributed by atoms with Crippen molar-refractivity contribution in [3.05, 3.63) is 53.1 Å². The molecule has 0 atom stereocenters. The van der Waals surface area contributed by atoms with Crippen molar-refractivity contribution >= 4 is 33.2 Å². The molecular weight excluding hydrogens is 376 g/mol. The summed E-state index contributed by atoms with van der Waals surface area (Å²) >= 11 is 6.03. The van der Waals surface area contributed by atoms with Crippen LogP contribution in [0, 0.1) is 0 Å². The van der Waals surface area contributed by atoms with Crippen molar-refractivity contribution in [2.75, 3.05) is 19.0 Å². The Morgan fingerprint density at radius 2 is 1.85 bits per heavy atom. The molecule has 0 aliphatic heterocycles. The molecule has 140 valence electrons. The maximum atomic E-state index is 12.3. The summed E-state index contributed by atoms with van der Waals surface area (Å²) in [6, 6.07) is 10.6. The maximum Gasteiger partial charge on any atom is 0.255 e. The summed E-state index contributed by atoms with van der Waals surface area (Å²) in [5.74, 6) is 0.143. The van der Waals surface area contributed by atoms with Gasteiger partial charge in [-0.05, 0) is 48.9 Å². The van der Waals surface area contributed by atoms with Crippen LogP contribution in [0.15, 0.2) is 47.4 Å². The minimum atomic E-state index is -3.56. The first-order valence-electron chi connectivity index (χ1n) is 8.12. The third-order valence-electron chi connectivity index (χ3n) is 3.66. The van der Waals surface area contributed by atoms with Gasteiger partial charge in [-0.25, -0.2) is 13.1 Å². The van der Waals surface area contributed by atoms with Crippen molar-refractivity contribution in [3.8, 4) is 5.75 Å². The van der Waals surface area contributed by atoms with Gasteiger partial charge in [-0.1, -0.05) is 24.9 Å². The van der Waals surface area contributed by atoms with Crippen molar-refractivity contribution in [2.45, 2.75) is 24.7 Å². The normalized spacial score (nSPS) is 11.2. The Hall–Kier alpha value is -2.09. The van der Waals surface area contributed by atoms with E-state index < -0.39 is 10.0 Å². The molecule has 26 heavy (non-hydrogen) atoms. The van der Waals surface area contributed by atoms with Gasteiger partial charge in [0.05, 0.1) is 17.0 Å². The number of methoxy groups -OCH3 is 1. The first kappa shape index (κ1) is 20.2. The van der Waals surface area contributed by atoms with Gasteiger partial charge in [-0.3, -0.25) is 4.79 Å². The van der Waals surface area contributed by atoms with Gasteiger partial charge < -0.3 is 10.1 Å². The van der Waals surface area contributed by atoms with Crippen LogP contribution in [0.5, 0.6) is 5.75 Å². The van der Waals surface area contributed by atoms with Crippen LogP contribution < -0.4 is 14.8 Å². The number of halogens is 1. The summed E-state index contributed by atoms with van der Waals surface area (Å²) in [6.07, 6.45) is 1.67. The molecule has 8 heteroatoms. The van der Waals surface area contributed by atoms with E-state index in [1.807, 2.05) is 6.92 Å². The van der Waals surface area contributed by atoms with Crippen LogP contribution in [0.25, 0.3) is 0 Å². The quantitative estimate of drug-likeness (QED) is 0.666. The highest BCUT2D eigenvalue weighted by atomic mass is 35.5. The fourth-order valence-electron chi connectivity index (χ4n) is 2.20. The molecule has 2 N–H and O–H groups in total.